The van der Waals surface area contributed by atoms with Crippen LogP contribution in [-0.2, 0) is 32.2 Å². The standard InChI is InChI=1S/C43H43N3O7S/c44-37-8-3-4-9-38(37)46-41(49)11-5-10-40(48)45-25-33-6-1-2-7-36(33)29-16-18-32(19-17-29)43-52-34(27-54-35-22-20-31(21-23-35)42(50)51)24-39(53-43)30-14-12-28(26-47)13-15-30/h1-4,6-9,12-23,34,39,43,47H,5,10-11,24-27,44H2,(H,45,48)(H,46,49)(H,50,51)/t34-,39+,43+/m0/s1. The molecule has 6 rings (SSSR count). The van der Waals surface area contributed by atoms with Crippen molar-refractivity contribution in [2.45, 2.75) is 62.2 Å². The van der Waals surface area contributed by atoms with E-state index >= 15 is 0 Å². The number of nitrogens with one attached hydrogen (secondary N) is 2. The van der Waals surface area contributed by atoms with Gasteiger partial charge in [-0.2, -0.15) is 0 Å². The number of carboxylic acid groups (broad SMARTS) is 1. The molecule has 0 aromatic heterocycles. The van der Waals surface area contributed by atoms with Gasteiger partial charge in [-0.1, -0.05) is 84.9 Å². The van der Waals surface area contributed by atoms with Crippen molar-refractivity contribution in [3.8, 4) is 11.1 Å². The summed E-state index contributed by atoms with van der Waals surface area (Å²) < 4.78 is 13.0. The molecule has 1 saturated heterocycles. The highest BCUT2D eigenvalue weighted by Crippen LogP contribution is 2.40. The van der Waals surface area contributed by atoms with Gasteiger partial charge in [-0.25, -0.2) is 4.79 Å². The lowest BCUT2D eigenvalue weighted by Crippen LogP contribution is -2.31. The number of hydrogen-bond acceptors (Lipinski definition) is 8. The number of carbonyl (C=O) groups is 3. The van der Waals surface area contributed by atoms with Crippen molar-refractivity contribution in [2.24, 2.45) is 0 Å². The van der Waals surface area contributed by atoms with Crippen molar-refractivity contribution in [3.05, 3.63) is 149 Å². The monoisotopic (exact) mass is 745 g/mol. The van der Waals surface area contributed by atoms with E-state index in [0.717, 1.165) is 38.3 Å². The average molecular weight is 746 g/mol. The molecule has 3 atom stereocenters. The zero-order chi connectivity index (χ0) is 37.9. The van der Waals surface area contributed by atoms with Crippen LogP contribution >= 0.6 is 11.8 Å². The maximum absolute atomic E-state index is 12.7. The predicted octanol–water partition coefficient (Wildman–Crippen LogP) is 7.89. The molecule has 6 N–H and O–H groups in total. The number of hydrogen-bond donors (Lipinski definition) is 5. The van der Waals surface area contributed by atoms with Gasteiger partial charge in [0.1, 0.15) is 0 Å². The number of aliphatic hydroxyl groups excluding tert-OH is 1. The average Bonchev–Trinajstić information content (AvgIpc) is 3.20. The molecule has 5 aromatic rings. The summed E-state index contributed by atoms with van der Waals surface area (Å²) in [6.07, 6.45) is 0.442. The van der Waals surface area contributed by atoms with Crippen LogP contribution < -0.4 is 16.4 Å². The van der Waals surface area contributed by atoms with Gasteiger partial charge in [0.15, 0.2) is 6.29 Å². The smallest absolute Gasteiger partial charge is 0.335 e. The highest BCUT2D eigenvalue weighted by atomic mass is 32.2. The van der Waals surface area contributed by atoms with Gasteiger partial charge >= 0.3 is 5.97 Å². The quantitative estimate of drug-likeness (QED) is 0.0531. The van der Waals surface area contributed by atoms with Gasteiger partial charge in [0.2, 0.25) is 11.8 Å². The van der Waals surface area contributed by atoms with E-state index < -0.39 is 12.3 Å². The summed E-state index contributed by atoms with van der Waals surface area (Å²) in [5, 5.41) is 24.6. The molecule has 10 nitrogen and oxygen atoms in total. The van der Waals surface area contributed by atoms with Crippen LogP contribution in [0.25, 0.3) is 11.1 Å². The van der Waals surface area contributed by atoms with Crippen LogP contribution in [0.3, 0.4) is 0 Å². The number of carbonyl (C=O) groups excluding carboxylic acids is 2. The summed E-state index contributed by atoms with van der Waals surface area (Å²) in [7, 11) is 0. The van der Waals surface area contributed by atoms with E-state index in [9.17, 15) is 24.6 Å². The number of aliphatic hydroxyl groups is 1. The molecular formula is C43H43N3O7S. The van der Waals surface area contributed by atoms with Crippen molar-refractivity contribution < 1.29 is 34.1 Å². The molecule has 1 aliphatic heterocycles. The third-order valence-corrected chi connectivity index (χ3v) is 10.3. The van der Waals surface area contributed by atoms with Crippen LogP contribution in [0.1, 0.15) is 70.7 Å². The Morgan fingerprint density at radius 2 is 1.46 bits per heavy atom. The van der Waals surface area contributed by atoms with Crippen molar-refractivity contribution in [1.29, 1.82) is 0 Å². The number of benzene rings is 5. The number of nitrogen functional groups attached to an aromatic ring is 1. The minimum atomic E-state index is -0.959. The van der Waals surface area contributed by atoms with Gasteiger partial charge < -0.3 is 36.1 Å². The molecule has 54 heavy (non-hydrogen) atoms. The van der Waals surface area contributed by atoms with E-state index in [2.05, 4.69) is 10.6 Å². The predicted molar refractivity (Wildman–Crippen MR) is 210 cm³/mol. The fourth-order valence-corrected chi connectivity index (χ4v) is 7.12. The van der Waals surface area contributed by atoms with Gasteiger partial charge in [-0.15, -0.1) is 11.8 Å². The molecule has 2 amide bonds. The fraction of sp³-hybridized carbons (Fsp3) is 0.233. The van der Waals surface area contributed by atoms with Gasteiger partial charge in [-0.05, 0) is 70.6 Å². The summed E-state index contributed by atoms with van der Waals surface area (Å²) >= 11 is 1.60. The number of amides is 2. The van der Waals surface area contributed by atoms with Crippen LogP contribution in [0.4, 0.5) is 11.4 Å². The van der Waals surface area contributed by atoms with Crippen LogP contribution in [0.2, 0.25) is 0 Å². The molecular weight excluding hydrogens is 703 g/mol. The van der Waals surface area contributed by atoms with E-state index in [1.165, 1.54) is 0 Å². The first-order valence-electron chi connectivity index (χ1n) is 17.8. The largest absolute Gasteiger partial charge is 0.478 e. The summed E-state index contributed by atoms with van der Waals surface area (Å²) in [6, 6.07) is 37.6. The first-order chi connectivity index (χ1) is 26.2. The Bertz CT molecular complexity index is 2040. The molecule has 11 heteroatoms. The highest BCUT2D eigenvalue weighted by molar-refractivity contribution is 7.99. The molecule has 5 aromatic carbocycles. The van der Waals surface area contributed by atoms with Gasteiger partial charge in [0, 0.05) is 42.0 Å². The van der Waals surface area contributed by atoms with Crippen LogP contribution in [0, 0.1) is 0 Å². The Labute approximate surface area is 318 Å². The lowest BCUT2D eigenvalue weighted by molar-refractivity contribution is -0.245. The Morgan fingerprint density at radius 3 is 2.19 bits per heavy atom. The number of rotatable bonds is 15. The van der Waals surface area contributed by atoms with Crippen LogP contribution in [-0.4, -0.2) is 39.9 Å². The van der Waals surface area contributed by atoms with Crippen molar-refractivity contribution in [3.63, 3.8) is 0 Å². The second-order valence-electron chi connectivity index (χ2n) is 13.0. The first kappa shape index (κ1) is 38.3. The molecule has 278 valence electrons. The molecule has 1 heterocycles. The molecule has 0 spiro atoms. The van der Waals surface area contributed by atoms with Crippen LogP contribution in [0.15, 0.2) is 126 Å². The number of nitrogens with two attached hydrogens (primary N) is 1. The highest BCUT2D eigenvalue weighted by Gasteiger charge is 2.32. The Balaban J connectivity index is 1.08. The number of aromatic carboxylic acids is 1. The van der Waals surface area contributed by atoms with Crippen molar-refractivity contribution in [2.75, 3.05) is 16.8 Å². The number of anilines is 2. The molecule has 0 saturated carbocycles. The normalized spacial score (nSPS) is 16.7. The van der Waals surface area contributed by atoms with E-state index in [1.807, 2.05) is 84.9 Å². The van der Waals surface area contributed by atoms with Gasteiger partial charge in [0.05, 0.1) is 35.8 Å². The number of para-hydroxylation sites is 2. The Kier molecular flexibility index (Phi) is 13.1. The van der Waals surface area contributed by atoms with Gasteiger partial charge in [-0.3, -0.25) is 9.59 Å². The molecule has 0 radical (unpaired) electrons. The lowest BCUT2D eigenvalue weighted by Gasteiger charge is -2.36. The Hall–Kier alpha value is -5.46. The molecule has 0 aliphatic carbocycles. The SMILES string of the molecule is Nc1ccccc1NC(=O)CCCC(=O)NCc1ccccc1-c1ccc([C@@H]2O[C@H](CSc3ccc(C(=O)O)cc3)C[C@H](c3ccc(CO)cc3)O2)cc1. The minimum Gasteiger partial charge on any atom is -0.478 e. The minimum absolute atomic E-state index is 0.0362. The third-order valence-electron chi connectivity index (χ3n) is 9.18. The van der Waals surface area contributed by atoms with Gasteiger partial charge in [0.25, 0.3) is 0 Å². The summed E-state index contributed by atoms with van der Waals surface area (Å²) in [6.45, 7) is 0.305. The fourth-order valence-electron chi connectivity index (χ4n) is 6.20. The molecule has 1 fully saturated rings. The van der Waals surface area contributed by atoms with E-state index in [4.69, 9.17) is 15.2 Å². The van der Waals surface area contributed by atoms with E-state index in [-0.39, 0.29) is 49.0 Å². The number of carboxylic acids is 1. The summed E-state index contributed by atoms with van der Waals surface area (Å²) in [5.41, 5.74) is 12.8. The van der Waals surface area contributed by atoms with Crippen molar-refractivity contribution >= 4 is 40.9 Å². The third kappa shape index (κ3) is 10.4. The number of thioether (sulfide) groups is 1. The zero-order valence-corrected chi connectivity index (χ0v) is 30.5. The maximum atomic E-state index is 12.7. The number of ether oxygens (including phenoxy) is 2. The van der Waals surface area contributed by atoms with Crippen molar-refractivity contribution in [1.82, 2.24) is 5.32 Å². The molecule has 1 aliphatic rings. The zero-order valence-electron chi connectivity index (χ0n) is 29.7. The summed E-state index contributed by atoms with van der Waals surface area (Å²) in [4.78, 5) is 37.3. The molecule has 0 unspecified atom stereocenters. The second-order valence-corrected chi connectivity index (χ2v) is 14.1. The van der Waals surface area contributed by atoms with E-state index in [0.29, 0.717) is 36.5 Å². The summed E-state index contributed by atoms with van der Waals surface area (Å²) in [5.74, 6) is -0.640. The first-order valence-corrected chi connectivity index (χ1v) is 18.8. The lowest BCUT2D eigenvalue weighted by atomic mass is 9.97. The second kappa shape index (κ2) is 18.5. The topological polar surface area (TPSA) is 160 Å². The van der Waals surface area contributed by atoms with Crippen LogP contribution in [0.5, 0.6) is 0 Å². The Morgan fingerprint density at radius 1 is 0.778 bits per heavy atom. The molecule has 0 bridgehead atoms. The van der Waals surface area contributed by atoms with E-state index in [1.54, 1.807) is 48.2 Å². The maximum Gasteiger partial charge on any atom is 0.335 e.